The maximum atomic E-state index is 11.5. The number of hydrogen-bond acceptors (Lipinski definition) is 4. The minimum atomic E-state index is -0.194. The van der Waals surface area contributed by atoms with E-state index in [0.29, 0.717) is 6.04 Å². The van der Waals surface area contributed by atoms with Gasteiger partial charge in [0.05, 0.1) is 12.2 Å². The molecule has 6 heteroatoms. The van der Waals surface area contributed by atoms with Crippen molar-refractivity contribution < 1.29 is 0 Å². The van der Waals surface area contributed by atoms with Crippen LogP contribution >= 0.6 is 0 Å². The third-order valence-corrected chi connectivity index (χ3v) is 3.91. The second-order valence-electron chi connectivity index (χ2n) is 5.45. The van der Waals surface area contributed by atoms with Crippen molar-refractivity contribution in [2.24, 2.45) is 7.05 Å². The predicted molar refractivity (Wildman–Crippen MR) is 75.4 cm³/mol. The standard InChI is InChI=1S/C14H19N5O/c1-11-7-16-19(8-11)13-4-6-18(10-13)9-12-3-5-15-14(20)17(12)2/h3,5,7-8,13H,4,6,9-10H2,1-2H3. The fraction of sp³-hybridized carbons (Fsp3) is 0.500. The summed E-state index contributed by atoms with van der Waals surface area (Å²) < 4.78 is 3.67. The van der Waals surface area contributed by atoms with E-state index in [1.807, 2.05) is 12.3 Å². The maximum absolute atomic E-state index is 11.5. The van der Waals surface area contributed by atoms with Crippen LogP contribution in [0, 0.1) is 6.92 Å². The summed E-state index contributed by atoms with van der Waals surface area (Å²) in [6.07, 6.45) is 6.67. The Morgan fingerprint density at radius 3 is 3.05 bits per heavy atom. The van der Waals surface area contributed by atoms with Crippen molar-refractivity contribution in [3.63, 3.8) is 0 Å². The third-order valence-electron chi connectivity index (χ3n) is 3.91. The highest BCUT2D eigenvalue weighted by Gasteiger charge is 2.24. The first-order valence-corrected chi connectivity index (χ1v) is 6.87. The van der Waals surface area contributed by atoms with Gasteiger partial charge in [-0.2, -0.15) is 5.10 Å². The number of aryl methyl sites for hydroxylation is 1. The highest BCUT2D eigenvalue weighted by atomic mass is 16.1. The largest absolute Gasteiger partial charge is 0.347 e. The third kappa shape index (κ3) is 2.51. The summed E-state index contributed by atoms with van der Waals surface area (Å²) >= 11 is 0. The molecule has 0 radical (unpaired) electrons. The second kappa shape index (κ2) is 5.20. The molecule has 6 nitrogen and oxygen atoms in total. The van der Waals surface area contributed by atoms with Crippen molar-refractivity contribution in [1.29, 1.82) is 0 Å². The summed E-state index contributed by atoms with van der Waals surface area (Å²) in [5, 5.41) is 4.40. The topological polar surface area (TPSA) is 56.0 Å². The average Bonchev–Trinajstić information content (AvgIpc) is 3.04. The van der Waals surface area contributed by atoms with Gasteiger partial charge in [-0.25, -0.2) is 9.78 Å². The van der Waals surface area contributed by atoms with Crippen LogP contribution in [0.25, 0.3) is 0 Å². The summed E-state index contributed by atoms with van der Waals surface area (Å²) in [7, 11) is 1.77. The van der Waals surface area contributed by atoms with Gasteiger partial charge in [0.1, 0.15) is 0 Å². The number of aromatic nitrogens is 4. The van der Waals surface area contributed by atoms with Gasteiger partial charge in [-0.1, -0.05) is 0 Å². The molecule has 0 saturated carbocycles. The van der Waals surface area contributed by atoms with Gasteiger partial charge in [-0.15, -0.1) is 0 Å². The first-order chi connectivity index (χ1) is 9.63. The molecule has 0 aliphatic carbocycles. The molecular weight excluding hydrogens is 254 g/mol. The van der Waals surface area contributed by atoms with Crippen molar-refractivity contribution in [2.45, 2.75) is 25.9 Å². The fourth-order valence-electron chi connectivity index (χ4n) is 2.70. The van der Waals surface area contributed by atoms with Crippen molar-refractivity contribution >= 4 is 0 Å². The van der Waals surface area contributed by atoms with E-state index in [4.69, 9.17) is 0 Å². The SMILES string of the molecule is Cc1cnn(C2CCN(Cc3ccnc(=O)n3C)C2)c1. The van der Waals surface area contributed by atoms with E-state index in [1.54, 1.807) is 17.8 Å². The maximum Gasteiger partial charge on any atom is 0.347 e. The molecule has 3 rings (SSSR count). The lowest BCUT2D eigenvalue weighted by atomic mass is 10.3. The minimum absolute atomic E-state index is 0.194. The molecule has 1 saturated heterocycles. The minimum Gasteiger partial charge on any atom is -0.298 e. The van der Waals surface area contributed by atoms with E-state index in [2.05, 4.69) is 32.8 Å². The quantitative estimate of drug-likeness (QED) is 0.827. The molecule has 2 aromatic heterocycles. The van der Waals surface area contributed by atoms with Crippen molar-refractivity contribution in [3.8, 4) is 0 Å². The van der Waals surface area contributed by atoms with Crippen molar-refractivity contribution in [2.75, 3.05) is 13.1 Å². The molecule has 1 aliphatic heterocycles. The van der Waals surface area contributed by atoms with Crippen LogP contribution in [0.2, 0.25) is 0 Å². The van der Waals surface area contributed by atoms with Crippen LogP contribution in [-0.2, 0) is 13.6 Å². The Hall–Kier alpha value is -1.95. The molecule has 0 aromatic carbocycles. The Balaban J connectivity index is 1.69. The fourth-order valence-corrected chi connectivity index (χ4v) is 2.70. The van der Waals surface area contributed by atoms with Crippen LogP contribution in [0.3, 0.4) is 0 Å². The number of hydrogen-bond donors (Lipinski definition) is 0. The molecule has 106 valence electrons. The van der Waals surface area contributed by atoms with Crippen LogP contribution in [-0.4, -0.2) is 37.3 Å². The molecule has 1 fully saturated rings. The van der Waals surface area contributed by atoms with Gasteiger partial charge in [0.15, 0.2) is 0 Å². The molecule has 0 amide bonds. The van der Waals surface area contributed by atoms with Crippen LogP contribution in [0.5, 0.6) is 0 Å². The van der Waals surface area contributed by atoms with Gasteiger partial charge < -0.3 is 0 Å². The van der Waals surface area contributed by atoms with Crippen molar-refractivity contribution in [1.82, 2.24) is 24.2 Å². The van der Waals surface area contributed by atoms with Gasteiger partial charge in [0.2, 0.25) is 0 Å². The summed E-state index contributed by atoms with van der Waals surface area (Å²) in [5.41, 5.74) is 2.00. The van der Waals surface area contributed by atoms with E-state index < -0.39 is 0 Å². The molecular formula is C14H19N5O. The Morgan fingerprint density at radius 1 is 1.45 bits per heavy atom. The van der Waals surface area contributed by atoms with Gasteiger partial charge in [0.25, 0.3) is 0 Å². The lowest BCUT2D eigenvalue weighted by Crippen LogP contribution is -2.28. The molecule has 1 atom stereocenters. The monoisotopic (exact) mass is 273 g/mol. The zero-order chi connectivity index (χ0) is 14.1. The number of likely N-dealkylation sites (tertiary alicyclic amines) is 1. The lowest BCUT2D eigenvalue weighted by molar-refractivity contribution is 0.303. The Labute approximate surface area is 117 Å². The van der Waals surface area contributed by atoms with Crippen LogP contribution in [0.4, 0.5) is 0 Å². The molecule has 1 aliphatic rings. The second-order valence-corrected chi connectivity index (χ2v) is 5.45. The first-order valence-electron chi connectivity index (χ1n) is 6.87. The average molecular weight is 273 g/mol. The number of nitrogens with zero attached hydrogens (tertiary/aromatic N) is 5. The van der Waals surface area contributed by atoms with Gasteiger partial charge in [0, 0.05) is 44.8 Å². The van der Waals surface area contributed by atoms with E-state index in [1.165, 1.54) is 5.56 Å². The van der Waals surface area contributed by atoms with Gasteiger partial charge in [-0.05, 0) is 25.0 Å². The summed E-state index contributed by atoms with van der Waals surface area (Å²) in [6.45, 7) is 4.84. The summed E-state index contributed by atoms with van der Waals surface area (Å²) in [5.74, 6) is 0. The van der Waals surface area contributed by atoms with E-state index in [-0.39, 0.29) is 5.69 Å². The lowest BCUT2D eigenvalue weighted by Gasteiger charge is -2.17. The zero-order valence-electron chi connectivity index (χ0n) is 11.9. The molecule has 0 bridgehead atoms. The highest BCUT2D eigenvalue weighted by Crippen LogP contribution is 2.22. The Bertz CT molecular complexity index is 660. The first kappa shape index (κ1) is 13.1. The van der Waals surface area contributed by atoms with E-state index in [0.717, 1.165) is 31.7 Å². The smallest absolute Gasteiger partial charge is 0.298 e. The Kier molecular flexibility index (Phi) is 3.40. The van der Waals surface area contributed by atoms with Crippen molar-refractivity contribution in [3.05, 3.63) is 46.4 Å². The molecule has 0 N–H and O–H groups in total. The Morgan fingerprint density at radius 2 is 2.30 bits per heavy atom. The van der Waals surface area contributed by atoms with Crippen LogP contribution in [0.1, 0.15) is 23.7 Å². The van der Waals surface area contributed by atoms with Gasteiger partial charge >= 0.3 is 5.69 Å². The molecule has 0 spiro atoms. The molecule has 1 unspecified atom stereocenters. The number of rotatable bonds is 3. The van der Waals surface area contributed by atoms with Gasteiger partial charge in [-0.3, -0.25) is 14.1 Å². The molecule has 2 aromatic rings. The van der Waals surface area contributed by atoms with E-state index >= 15 is 0 Å². The highest BCUT2D eigenvalue weighted by molar-refractivity contribution is 5.03. The zero-order valence-corrected chi connectivity index (χ0v) is 11.9. The van der Waals surface area contributed by atoms with E-state index in [9.17, 15) is 4.79 Å². The van der Waals surface area contributed by atoms with Crippen LogP contribution in [0.15, 0.2) is 29.5 Å². The van der Waals surface area contributed by atoms with Crippen LogP contribution < -0.4 is 5.69 Å². The molecule has 3 heterocycles. The summed E-state index contributed by atoms with van der Waals surface area (Å²) in [4.78, 5) is 17.6. The normalized spacial score (nSPS) is 19.6. The predicted octanol–water partition coefficient (Wildman–Crippen LogP) is 0.732. The summed E-state index contributed by atoms with van der Waals surface area (Å²) in [6, 6.07) is 2.34. The molecule has 20 heavy (non-hydrogen) atoms.